The molecule has 2 aliphatic heterocycles. The molecule has 0 spiro atoms. The van der Waals surface area contributed by atoms with Crippen LogP contribution >= 0.6 is 20.8 Å². The van der Waals surface area contributed by atoms with E-state index in [-0.39, 0.29) is 40.3 Å². The molecule has 2 saturated heterocycles. The Labute approximate surface area is 231 Å². The Morgan fingerprint density at radius 2 is 1.87 bits per heavy atom. The Morgan fingerprint density at radius 1 is 1.21 bits per heavy atom. The van der Waals surface area contributed by atoms with E-state index in [0.717, 1.165) is 12.8 Å². The molecule has 2 aromatic heterocycles. The normalized spacial score (nSPS) is 19.4. The summed E-state index contributed by atoms with van der Waals surface area (Å²) in [4.78, 5) is 15.5. The van der Waals surface area contributed by atoms with Crippen LogP contribution in [0.1, 0.15) is 37.8 Å². The van der Waals surface area contributed by atoms with Crippen LogP contribution in [0.2, 0.25) is 5.02 Å². The number of fused-ring (bicyclic) bond motifs is 3. The van der Waals surface area contributed by atoms with Gasteiger partial charge >= 0.3 is 12.2 Å². The average molecular weight is 578 g/mol. The van der Waals surface area contributed by atoms with Crippen molar-refractivity contribution in [2.75, 3.05) is 30.3 Å². The Hall–Kier alpha value is -2.93. The van der Waals surface area contributed by atoms with Crippen LogP contribution in [0.15, 0.2) is 12.1 Å². The number of rotatable bonds is 5. The maximum Gasteiger partial charge on any atom is 0.418 e. The minimum Gasteiger partial charge on any atom is -0.462 e. The highest BCUT2D eigenvalue weighted by Crippen LogP contribution is 2.43. The van der Waals surface area contributed by atoms with Crippen LogP contribution in [0.4, 0.5) is 24.8 Å². The number of nitrogens with zero attached hydrogens (tertiary/aromatic N) is 5. The van der Waals surface area contributed by atoms with Gasteiger partial charge in [0, 0.05) is 41.4 Å². The van der Waals surface area contributed by atoms with Crippen molar-refractivity contribution >= 4 is 48.7 Å². The molecule has 8 nitrogen and oxygen atoms in total. The minimum absolute atomic E-state index is 0.0245. The van der Waals surface area contributed by atoms with E-state index in [2.05, 4.69) is 35.5 Å². The molecule has 0 saturated carbocycles. The molecular formula is C26H28ClF3N7OP. The van der Waals surface area contributed by atoms with Crippen LogP contribution in [-0.4, -0.2) is 46.7 Å². The van der Waals surface area contributed by atoms with E-state index in [4.69, 9.17) is 27.1 Å². The molecule has 3 unspecified atom stereocenters. The third kappa shape index (κ3) is 5.30. The molecule has 2 fully saturated rings. The number of halogens is 4. The van der Waals surface area contributed by atoms with E-state index in [1.807, 2.05) is 0 Å². The van der Waals surface area contributed by atoms with Crippen LogP contribution in [0.5, 0.6) is 6.01 Å². The second-order valence-corrected chi connectivity index (χ2v) is 11.8. The number of alkyl halides is 3. The van der Waals surface area contributed by atoms with Crippen LogP contribution in [0.25, 0.3) is 22.2 Å². The molecule has 5 rings (SSSR count). The van der Waals surface area contributed by atoms with Gasteiger partial charge in [0.05, 0.1) is 33.3 Å². The lowest BCUT2D eigenvalue weighted by Gasteiger charge is -2.34. The van der Waals surface area contributed by atoms with Crippen LogP contribution in [0.3, 0.4) is 0 Å². The summed E-state index contributed by atoms with van der Waals surface area (Å²) in [5.41, 5.74) is 4.15. The molecule has 0 aliphatic carbocycles. The number of aromatic nitrogens is 3. The number of nitrogens with one attached hydrogen (secondary N) is 1. The fourth-order valence-corrected chi connectivity index (χ4v) is 6.16. The minimum atomic E-state index is -4.69. The van der Waals surface area contributed by atoms with Gasteiger partial charge in [-0.3, -0.25) is 0 Å². The number of ether oxygens (including phenoxy) is 1. The summed E-state index contributed by atoms with van der Waals surface area (Å²) in [6.07, 6.45) is -2.60. The zero-order chi connectivity index (χ0) is 28.3. The summed E-state index contributed by atoms with van der Waals surface area (Å²) in [6, 6.07) is 5.58. The van der Waals surface area contributed by atoms with Crippen molar-refractivity contribution < 1.29 is 17.9 Å². The number of aryl methyl sites for hydroxylation is 1. The van der Waals surface area contributed by atoms with Gasteiger partial charge < -0.3 is 20.7 Å². The molecular weight excluding hydrogens is 550 g/mol. The van der Waals surface area contributed by atoms with Crippen molar-refractivity contribution in [3.63, 3.8) is 0 Å². The van der Waals surface area contributed by atoms with Gasteiger partial charge in [0.1, 0.15) is 18.2 Å². The predicted molar refractivity (Wildman–Crippen MR) is 148 cm³/mol. The maximum atomic E-state index is 14.2. The van der Waals surface area contributed by atoms with Crippen molar-refractivity contribution in [1.29, 1.82) is 5.26 Å². The summed E-state index contributed by atoms with van der Waals surface area (Å²) >= 11 is 6.71. The number of pyridine rings is 1. The topological polar surface area (TPSA) is 113 Å². The Bertz CT molecular complexity index is 1500. The highest BCUT2D eigenvalue weighted by molar-refractivity contribution is 7.29. The van der Waals surface area contributed by atoms with Gasteiger partial charge in [-0.15, -0.1) is 9.24 Å². The van der Waals surface area contributed by atoms with Crippen molar-refractivity contribution in [3.05, 3.63) is 28.3 Å². The Kier molecular flexibility index (Phi) is 7.03. The third-order valence-electron chi connectivity index (χ3n) is 7.08. The number of anilines is 2. The Morgan fingerprint density at radius 3 is 2.49 bits per heavy atom. The fraction of sp³-hybridized carbons (Fsp3) is 0.462. The van der Waals surface area contributed by atoms with Crippen molar-refractivity contribution in [2.24, 2.45) is 5.41 Å². The van der Waals surface area contributed by atoms with Gasteiger partial charge in [-0.25, -0.2) is 4.98 Å². The van der Waals surface area contributed by atoms with E-state index in [9.17, 15) is 18.4 Å². The Balaban J connectivity index is 1.74. The van der Waals surface area contributed by atoms with Gasteiger partial charge in [0.2, 0.25) is 0 Å². The fourth-order valence-electron chi connectivity index (χ4n) is 5.25. The van der Waals surface area contributed by atoms with E-state index in [1.165, 1.54) is 13.0 Å². The highest BCUT2D eigenvalue weighted by atomic mass is 35.5. The lowest BCUT2D eigenvalue weighted by Crippen LogP contribution is -2.51. The first-order valence-corrected chi connectivity index (χ1v) is 13.4. The third-order valence-corrected chi connectivity index (χ3v) is 7.94. The molecule has 13 heteroatoms. The monoisotopic (exact) mass is 577 g/mol. The summed E-state index contributed by atoms with van der Waals surface area (Å²) in [5, 5.41) is 14.0. The highest BCUT2D eigenvalue weighted by Gasteiger charge is 2.39. The SMILES string of the molecule is Cc1cc(N)nc(-c2c(Cl)cc3c(N4CC5CCC(C4)N5)nc(OCC(C)(C)C#N)nc3c2P)c1C(F)(F)F. The van der Waals surface area contributed by atoms with E-state index in [0.29, 0.717) is 47.2 Å². The van der Waals surface area contributed by atoms with E-state index >= 15 is 0 Å². The summed E-state index contributed by atoms with van der Waals surface area (Å²) in [6.45, 7) is 6.23. The molecule has 4 heterocycles. The average Bonchev–Trinajstić information content (AvgIpc) is 3.18. The zero-order valence-electron chi connectivity index (χ0n) is 21.7. The zero-order valence-corrected chi connectivity index (χ0v) is 23.6. The van der Waals surface area contributed by atoms with Gasteiger partial charge in [-0.1, -0.05) is 11.6 Å². The van der Waals surface area contributed by atoms with Crippen LogP contribution in [-0.2, 0) is 6.18 Å². The molecule has 0 radical (unpaired) electrons. The predicted octanol–water partition coefficient (Wildman–Crippen LogP) is 4.62. The number of hydrogen-bond acceptors (Lipinski definition) is 8. The van der Waals surface area contributed by atoms with Crippen molar-refractivity contribution in [3.8, 4) is 23.3 Å². The molecule has 39 heavy (non-hydrogen) atoms. The second-order valence-electron chi connectivity index (χ2n) is 10.8. The maximum absolute atomic E-state index is 14.2. The summed E-state index contributed by atoms with van der Waals surface area (Å²) in [7, 11) is 2.47. The van der Waals surface area contributed by atoms with Gasteiger partial charge in [-0.2, -0.15) is 28.4 Å². The largest absolute Gasteiger partial charge is 0.462 e. The number of benzene rings is 1. The first-order valence-electron chi connectivity index (χ1n) is 12.5. The number of piperazine rings is 1. The van der Waals surface area contributed by atoms with Gasteiger partial charge in [0.15, 0.2) is 0 Å². The van der Waals surface area contributed by atoms with Crippen LogP contribution < -0.4 is 26.0 Å². The quantitative estimate of drug-likeness (QED) is 0.422. The molecule has 1 aromatic carbocycles. The number of nitriles is 1. The van der Waals surface area contributed by atoms with E-state index < -0.39 is 17.2 Å². The number of nitrogens with two attached hydrogens (primary N) is 1. The van der Waals surface area contributed by atoms with Gasteiger partial charge in [-0.05, 0) is 51.3 Å². The first-order chi connectivity index (χ1) is 18.3. The van der Waals surface area contributed by atoms with E-state index in [1.54, 1.807) is 19.9 Å². The standard InChI is InChI=1S/C26H28ClF3N7OP/c1-12-6-17(32)34-21(19(12)26(28,29)30)18-16(27)7-15-20(22(18)39)35-24(38-11-25(2,3)10-31)36-23(15)37-8-13-4-5-14(9-37)33-13/h6-7,13-14,33H,4-5,8-9,11,39H2,1-3H3,(H2,32,34). The smallest absolute Gasteiger partial charge is 0.418 e. The van der Waals surface area contributed by atoms with Crippen molar-refractivity contribution in [2.45, 2.75) is 51.9 Å². The number of nitrogen functional groups attached to an aromatic ring is 1. The number of hydrogen-bond donors (Lipinski definition) is 2. The van der Waals surface area contributed by atoms with Crippen LogP contribution in [0, 0.1) is 23.7 Å². The first kappa shape index (κ1) is 27.6. The lowest BCUT2D eigenvalue weighted by molar-refractivity contribution is -0.137. The molecule has 3 atom stereocenters. The second kappa shape index (κ2) is 9.92. The van der Waals surface area contributed by atoms with Gasteiger partial charge in [0.25, 0.3) is 0 Å². The van der Waals surface area contributed by atoms with Crippen molar-refractivity contribution in [1.82, 2.24) is 20.3 Å². The molecule has 3 aromatic rings. The molecule has 2 aliphatic rings. The molecule has 206 valence electrons. The molecule has 0 amide bonds. The molecule has 3 N–H and O–H groups in total. The summed E-state index contributed by atoms with van der Waals surface area (Å²) in [5.74, 6) is 0.520. The molecule has 2 bridgehead atoms. The lowest BCUT2D eigenvalue weighted by atomic mass is 9.98. The summed E-state index contributed by atoms with van der Waals surface area (Å²) < 4.78 is 48.4.